The fourth-order valence-corrected chi connectivity index (χ4v) is 2.40. The molecule has 2 rings (SSSR count). The van der Waals surface area contributed by atoms with E-state index in [4.69, 9.17) is 5.26 Å². The minimum absolute atomic E-state index is 0.361. The third kappa shape index (κ3) is 2.94. The van der Waals surface area contributed by atoms with E-state index in [0.717, 1.165) is 12.2 Å². The van der Waals surface area contributed by atoms with E-state index in [1.54, 1.807) is 6.07 Å². The third-order valence-corrected chi connectivity index (χ3v) is 3.45. The van der Waals surface area contributed by atoms with Gasteiger partial charge in [-0.25, -0.2) is 9.97 Å². The highest BCUT2D eigenvalue weighted by Crippen LogP contribution is 2.37. The first-order valence-electron chi connectivity index (χ1n) is 6.11. The first kappa shape index (κ1) is 11.8. The average Bonchev–Trinajstić information content (AvgIpc) is 2.73. The quantitative estimate of drug-likeness (QED) is 0.867. The van der Waals surface area contributed by atoms with Crippen LogP contribution in [0.1, 0.15) is 44.0 Å². The SMILES string of the molecule is Cc1cc(C#N)nc(NCC2(C)CCCC2)n1. The van der Waals surface area contributed by atoms with Gasteiger partial charge in [0.1, 0.15) is 11.8 Å². The van der Waals surface area contributed by atoms with Gasteiger partial charge in [-0.1, -0.05) is 19.8 Å². The zero-order chi connectivity index (χ0) is 12.3. The van der Waals surface area contributed by atoms with Crippen molar-refractivity contribution in [2.24, 2.45) is 5.41 Å². The molecule has 0 radical (unpaired) electrons. The fraction of sp³-hybridized carbons (Fsp3) is 0.615. The highest BCUT2D eigenvalue weighted by Gasteiger charge is 2.28. The van der Waals surface area contributed by atoms with Crippen molar-refractivity contribution >= 4 is 5.95 Å². The van der Waals surface area contributed by atoms with Crippen LogP contribution in [0.2, 0.25) is 0 Å². The molecule has 0 unspecified atom stereocenters. The number of aryl methyl sites for hydroxylation is 1. The van der Waals surface area contributed by atoms with Gasteiger partial charge >= 0.3 is 0 Å². The summed E-state index contributed by atoms with van der Waals surface area (Å²) in [5.41, 5.74) is 1.62. The molecular weight excluding hydrogens is 212 g/mol. The minimum Gasteiger partial charge on any atom is -0.354 e. The summed E-state index contributed by atoms with van der Waals surface area (Å²) in [6.07, 6.45) is 5.15. The standard InChI is InChI=1S/C13H18N4/c1-10-7-11(8-14)17-12(16-10)15-9-13(2)5-3-4-6-13/h7H,3-6,9H2,1-2H3,(H,15,16,17). The molecule has 0 amide bonds. The maximum Gasteiger partial charge on any atom is 0.224 e. The summed E-state index contributed by atoms with van der Waals surface area (Å²) < 4.78 is 0. The Kier molecular flexibility index (Phi) is 3.28. The topological polar surface area (TPSA) is 61.6 Å². The Bertz CT molecular complexity index is 441. The van der Waals surface area contributed by atoms with E-state index in [1.807, 2.05) is 6.92 Å². The first-order valence-corrected chi connectivity index (χ1v) is 6.11. The highest BCUT2D eigenvalue weighted by molar-refractivity contribution is 5.33. The van der Waals surface area contributed by atoms with E-state index in [1.165, 1.54) is 25.7 Å². The van der Waals surface area contributed by atoms with Gasteiger partial charge in [0.2, 0.25) is 5.95 Å². The molecule has 0 aliphatic heterocycles. The lowest BCUT2D eigenvalue weighted by atomic mass is 9.89. The Morgan fingerprint density at radius 2 is 2.12 bits per heavy atom. The number of anilines is 1. The number of nitrogens with one attached hydrogen (secondary N) is 1. The molecule has 1 N–H and O–H groups in total. The van der Waals surface area contributed by atoms with Crippen LogP contribution in [0.5, 0.6) is 0 Å². The number of hydrogen-bond acceptors (Lipinski definition) is 4. The van der Waals surface area contributed by atoms with Gasteiger partial charge in [0, 0.05) is 12.2 Å². The molecule has 1 aliphatic rings. The monoisotopic (exact) mass is 230 g/mol. The number of nitrogens with zero attached hydrogens (tertiary/aromatic N) is 3. The molecule has 1 heterocycles. The maximum absolute atomic E-state index is 8.85. The lowest BCUT2D eigenvalue weighted by Crippen LogP contribution is -2.24. The van der Waals surface area contributed by atoms with Gasteiger partial charge in [-0.3, -0.25) is 0 Å². The number of rotatable bonds is 3. The normalized spacial score (nSPS) is 17.7. The Labute approximate surface area is 102 Å². The van der Waals surface area contributed by atoms with E-state index < -0.39 is 0 Å². The Hall–Kier alpha value is -1.63. The summed E-state index contributed by atoms with van der Waals surface area (Å²) in [7, 11) is 0. The van der Waals surface area contributed by atoms with Crippen LogP contribution in [0, 0.1) is 23.7 Å². The molecule has 0 bridgehead atoms. The number of aromatic nitrogens is 2. The van der Waals surface area contributed by atoms with Crippen LogP contribution in [0.15, 0.2) is 6.07 Å². The summed E-state index contributed by atoms with van der Waals surface area (Å²) in [6, 6.07) is 3.75. The summed E-state index contributed by atoms with van der Waals surface area (Å²) >= 11 is 0. The van der Waals surface area contributed by atoms with Crippen LogP contribution < -0.4 is 5.32 Å². The zero-order valence-corrected chi connectivity index (χ0v) is 10.5. The van der Waals surface area contributed by atoms with Crippen molar-refractivity contribution in [3.05, 3.63) is 17.5 Å². The van der Waals surface area contributed by atoms with Gasteiger partial charge in [0.15, 0.2) is 0 Å². The molecule has 0 atom stereocenters. The van der Waals surface area contributed by atoms with Gasteiger partial charge in [-0.15, -0.1) is 0 Å². The summed E-state index contributed by atoms with van der Waals surface area (Å²) in [5.74, 6) is 0.578. The lowest BCUT2D eigenvalue weighted by molar-refractivity contribution is 0.361. The molecule has 1 saturated carbocycles. The number of nitriles is 1. The Balaban J connectivity index is 2.04. The first-order chi connectivity index (χ1) is 8.11. The van der Waals surface area contributed by atoms with E-state index in [2.05, 4.69) is 28.3 Å². The second kappa shape index (κ2) is 4.70. The lowest BCUT2D eigenvalue weighted by Gasteiger charge is -2.23. The Morgan fingerprint density at radius 1 is 1.41 bits per heavy atom. The van der Waals surface area contributed by atoms with Gasteiger partial charge < -0.3 is 5.32 Å². The van der Waals surface area contributed by atoms with Crippen molar-refractivity contribution in [3.63, 3.8) is 0 Å². The predicted octanol–water partition coefficient (Wildman–Crippen LogP) is 2.65. The maximum atomic E-state index is 8.85. The Morgan fingerprint density at radius 3 is 2.76 bits per heavy atom. The molecule has 4 nitrogen and oxygen atoms in total. The average molecular weight is 230 g/mol. The second-order valence-corrected chi connectivity index (χ2v) is 5.20. The largest absolute Gasteiger partial charge is 0.354 e. The molecule has 0 aromatic carbocycles. The molecule has 0 spiro atoms. The van der Waals surface area contributed by atoms with Crippen molar-refractivity contribution in [1.29, 1.82) is 5.26 Å². The van der Waals surface area contributed by atoms with E-state index in [9.17, 15) is 0 Å². The van der Waals surface area contributed by atoms with Crippen LogP contribution >= 0.6 is 0 Å². The van der Waals surface area contributed by atoms with Crippen LogP contribution in [-0.2, 0) is 0 Å². The van der Waals surface area contributed by atoms with Crippen LogP contribution in [0.25, 0.3) is 0 Å². The second-order valence-electron chi connectivity index (χ2n) is 5.20. The van der Waals surface area contributed by atoms with E-state index in [0.29, 0.717) is 17.1 Å². The zero-order valence-electron chi connectivity index (χ0n) is 10.5. The molecule has 0 saturated heterocycles. The van der Waals surface area contributed by atoms with E-state index in [-0.39, 0.29) is 0 Å². The van der Waals surface area contributed by atoms with Crippen molar-refractivity contribution in [3.8, 4) is 6.07 Å². The van der Waals surface area contributed by atoms with Gasteiger partial charge in [-0.2, -0.15) is 5.26 Å². The van der Waals surface area contributed by atoms with Crippen LogP contribution in [0.3, 0.4) is 0 Å². The highest BCUT2D eigenvalue weighted by atomic mass is 15.1. The third-order valence-electron chi connectivity index (χ3n) is 3.45. The molecule has 90 valence electrons. The summed E-state index contributed by atoms with van der Waals surface area (Å²) in [4.78, 5) is 8.46. The molecular formula is C13H18N4. The molecule has 1 fully saturated rings. The smallest absolute Gasteiger partial charge is 0.224 e. The van der Waals surface area contributed by atoms with Crippen LogP contribution in [0.4, 0.5) is 5.95 Å². The molecule has 1 aliphatic carbocycles. The fourth-order valence-electron chi connectivity index (χ4n) is 2.40. The van der Waals surface area contributed by atoms with Crippen molar-refractivity contribution in [2.75, 3.05) is 11.9 Å². The summed E-state index contributed by atoms with van der Waals surface area (Å²) in [5, 5.41) is 12.1. The van der Waals surface area contributed by atoms with Gasteiger partial charge in [0.25, 0.3) is 0 Å². The minimum atomic E-state index is 0.361. The predicted molar refractivity (Wildman–Crippen MR) is 66.5 cm³/mol. The van der Waals surface area contributed by atoms with Crippen molar-refractivity contribution < 1.29 is 0 Å². The number of hydrogen-bond donors (Lipinski definition) is 1. The van der Waals surface area contributed by atoms with Crippen molar-refractivity contribution in [2.45, 2.75) is 39.5 Å². The summed E-state index contributed by atoms with van der Waals surface area (Å²) in [6.45, 7) is 5.07. The van der Waals surface area contributed by atoms with Gasteiger partial charge in [-0.05, 0) is 31.2 Å². The van der Waals surface area contributed by atoms with Gasteiger partial charge in [0.05, 0.1) is 0 Å². The van der Waals surface area contributed by atoms with Crippen LogP contribution in [-0.4, -0.2) is 16.5 Å². The molecule has 1 aromatic heterocycles. The molecule has 17 heavy (non-hydrogen) atoms. The van der Waals surface area contributed by atoms with Crippen molar-refractivity contribution in [1.82, 2.24) is 9.97 Å². The molecule has 4 heteroatoms. The van der Waals surface area contributed by atoms with E-state index >= 15 is 0 Å². The molecule has 1 aromatic rings.